The van der Waals surface area contributed by atoms with Gasteiger partial charge in [-0.1, -0.05) is 12.1 Å². The molecule has 4 heteroatoms. The lowest BCUT2D eigenvalue weighted by Crippen LogP contribution is -2.38. The van der Waals surface area contributed by atoms with E-state index in [4.69, 9.17) is 4.74 Å². The van der Waals surface area contributed by atoms with Gasteiger partial charge in [0, 0.05) is 31.3 Å². The quantitative estimate of drug-likeness (QED) is 0.876. The van der Waals surface area contributed by atoms with Gasteiger partial charge in [-0.2, -0.15) is 0 Å². The van der Waals surface area contributed by atoms with Crippen LogP contribution < -0.4 is 10.6 Å². The Kier molecular flexibility index (Phi) is 4.93. The van der Waals surface area contributed by atoms with Crippen LogP contribution in [0.3, 0.4) is 0 Å². The highest BCUT2D eigenvalue weighted by Crippen LogP contribution is 2.19. The van der Waals surface area contributed by atoms with Crippen LogP contribution in [-0.4, -0.2) is 25.2 Å². The van der Waals surface area contributed by atoms with Gasteiger partial charge >= 0.3 is 0 Å². The van der Waals surface area contributed by atoms with Gasteiger partial charge in [-0.15, -0.1) is 0 Å². The molecule has 1 aliphatic rings. The summed E-state index contributed by atoms with van der Waals surface area (Å²) >= 11 is 0. The van der Waals surface area contributed by atoms with E-state index in [1.165, 1.54) is 12.5 Å². The van der Waals surface area contributed by atoms with E-state index >= 15 is 0 Å². The summed E-state index contributed by atoms with van der Waals surface area (Å²) in [5.41, 5.74) is 2.02. The molecule has 2 rings (SSSR count). The lowest BCUT2D eigenvalue weighted by Gasteiger charge is -2.27. The fraction of sp³-hybridized carbons (Fsp3) is 0.533. The molecule has 1 saturated heterocycles. The van der Waals surface area contributed by atoms with E-state index in [-0.39, 0.29) is 11.9 Å². The molecule has 2 N–H and O–H groups in total. The Hall–Kier alpha value is -1.39. The lowest BCUT2D eigenvalue weighted by molar-refractivity contribution is -0.114. The van der Waals surface area contributed by atoms with Crippen LogP contribution in [0.1, 0.15) is 38.3 Å². The molecule has 0 aliphatic carbocycles. The third-order valence-electron chi connectivity index (χ3n) is 3.35. The first kappa shape index (κ1) is 14.0. The van der Waals surface area contributed by atoms with Gasteiger partial charge in [0.05, 0.1) is 6.61 Å². The molecule has 1 heterocycles. The normalized spacial score (nSPS) is 20.8. The van der Waals surface area contributed by atoms with E-state index < -0.39 is 0 Å². The van der Waals surface area contributed by atoms with Gasteiger partial charge in [0.25, 0.3) is 0 Å². The van der Waals surface area contributed by atoms with Gasteiger partial charge in [0.15, 0.2) is 0 Å². The third kappa shape index (κ3) is 4.33. The summed E-state index contributed by atoms with van der Waals surface area (Å²) in [7, 11) is 0. The number of amides is 1. The molecule has 0 spiro atoms. The number of benzene rings is 1. The average molecular weight is 262 g/mol. The molecular formula is C15H22N2O2. The SMILES string of the molecule is CC(=O)Nc1cccc(C(C)NC2CCCOC2)c1. The second kappa shape index (κ2) is 6.68. The van der Waals surface area contributed by atoms with Crippen molar-refractivity contribution in [1.82, 2.24) is 5.32 Å². The van der Waals surface area contributed by atoms with Gasteiger partial charge in [-0.25, -0.2) is 0 Å². The van der Waals surface area contributed by atoms with Crippen LogP contribution in [0.2, 0.25) is 0 Å². The fourth-order valence-electron chi connectivity index (χ4n) is 2.41. The predicted octanol–water partition coefficient (Wildman–Crippen LogP) is 2.47. The highest BCUT2D eigenvalue weighted by atomic mass is 16.5. The van der Waals surface area contributed by atoms with E-state index in [0.717, 1.165) is 31.7 Å². The molecule has 1 aromatic carbocycles. The Morgan fingerprint density at radius 1 is 1.47 bits per heavy atom. The minimum atomic E-state index is -0.0431. The number of rotatable bonds is 4. The van der Waals surface area contributed by atoms with Crippen LogP contribution in [0, 0.1) is 0 Å². The first-order valence-corrected chi connectivity index (χ1v) is 6.86. The maximum Gasteiger partial charge on any atom is 0.221 e. The van der Waals surface area contributed by atoms with Crippen molar-refractivity contribution in [3.8, 4) is 0 Å². The first-order chi connectivity index (χ1) is 9.15. The molecule has 1 aromatic rings. The minimum Gasteiger partial charge on any atom is -0.380 e. The zero-order valence-electron chi connectivity index (χ0n) is 11.6. The summed E-state index contributed by atoms with van der Waals surface area (Å²) in [6, 6.07) is 8.64. The first-order valence-electron chi connectivity index (χ1n) is 6.86. The molecule has 1 amide bonds. The van der Waals surface area contributed by atoms with E-state index in [1.807, 2.05) is 18.2 Å². The molecule has 0 aromatic heterocycles. The molecule has 19 heavy (non-hydrogen) atoms. The van der Waals surface area contributed by atoms with Gasteiger partial charge in [-0.3, -0.25) is 4.79 Å². The van der Waals surface area contributed by atoms with Crippen molar-refractivity contribution in [2.24, 2.45) is 0 Å². The van der Waals surface area contributed by atoms with Gasteiger partial charge in [0.2, 0.25) is 5.91 Å². The highest BCUT2D eigenvalue weighted by Gasteiger charge is 2.16. The highest BCUT2D eigenvalue weighted by molar-refractivity contribution is 5.88. The minimum absolute atomic E-state index is 0.0431. The molecule has 1 fully saturated rings. The largest absolute Gasteiger partial charge is 0.380 e. The summed E-state index contributed by atoms with van der Waals surface area (Å²) in [5, 5.41) is 6.39. The van der Waals surface area contributed by atoms with E-state index in [1.54, 1.807) is 0 Å². The van der Waals surface area contributed by atoms with E-state index in [0.29, 0.717) is 6.04 Å². The van der Waals surface area contributed by atoms with Crippen LogP contribution in [0.4, 0.5) is 5.69 Å². The van der Waals surface area contributed by atoms with Crippen molar-refractivity contribution in [2.45, 2.75) is 38.8 Å². The molecule has 0 bridgehead atoms. The summed E-state index contributed by atoms with van der Waals surface area (Å²) in [6.45, 7) is 5.33. The monoisotopic (exact) mass is 262 g/mol. The van der Waals surface area contributed by atoms with Crippen molar-refractivity contribution < 1.29 is 9.53 Å². The molecule has 2 atom stereocenters. The van der Waals surface area contributed by atoms with Crippen molar-refractivity contribution >= 4 is 11.6 Å². The van der Waals surface area contributed by atoms with E-state index in [2.05, 4.69) is 23.6 Å². The van der Waals surface area contributed by atoms with Crippen molar-refractivity contribution in [3.63, 3.8) is 0 Å². The molecule has 1 aliphatic heterocycles. The molecule has 4 nitrogen and oxygen atoms in total. The van der Waals surface area contributed by atoms with Crippen LogP contribution >= 0.6 is 0 Å². The van der Waals surface area contributed by atoms with Crippen molar-refractivity contribution in [1.29, 1.82) is 0 Å². The maximum absolute atomic E-state index is 11.1. The summed E-state index contributed by atoms with van der Waals surface area (Å²) in [4.78, 5) is 11.1. The number of ether oxygens (including phenoxy) is 1. The van der Waals surface area contributed by atoms with Crippen molar-refractivity contribution in [2.75, 3.05) is 18.5 Å². The molecule has 0 saturated carbocycles. The number of anilines is 1. The summed E-state index contributed by atoms with van der Waals surface area (Å²) < 4.78 is 5.48. The Morgan fingerprint density at radius 2 is 2.32 bits per heavy atom. The Balaban J connectivity index is 1.97. The zero-order chi connectivity index (χ0) is 13.7. The van der Waals surface area contributed by atoms with Crippen LogP contribution in [-0.2, 0) is 9.53 Å². The fourth-order valence-corrected chi connectivity index (χ4v) is 2.41. The summed E-state index contributed by atoms with van der Waals surface area (Å²) in [6.07, 6.45) is 2.28. The number of hydrogen-bond acceptors (Lipinski definition) is 3. The number of hydrogen-bond donors (Lipinski definition) is 2. The smallest absolute Gasteiger partial charge is 0.221 e. The van der Waals surface area contributed by atoms with Crippen LogP contribution in [0.5, 0.6) is 0 Å². The topological polar surface area (TPSA) is 50.4 Å². The average Bonchev–Trinajstić information content (AvgIpc) is 2.39. The molecule has 104 valence electrons. The van der Waals surface area contributed by atoms with E-state index in [9.17, 15) is 4.79 Å². The maximum atomic E-state index is 11.1. The second-order valence-corrected chi connectivity index (χ2v) is 5.11. The zero-order valence-corrected chi connectivity index (χ0v) is 11.6. The number of carbonyl (C=O) groups is 1. The number of carbonyl (C=O) groups excluding carboxylic acids is 1. The Bertz CT molecular complexity index is 428. The van der Waals surface area contributed by atoms with Gasteiger partial charge in [-0.05, 0) is 37.5 Å². The van der Waals surface area contributed by atoms with Crippen LogP contribution in [0.15, 0.2) is 24.3 Å². The number of nitrogens with one attached hydrogen (secondary N) is 2. The molecule has 0 radical (unpaired) electrons. The van der Waals surface area contributed by atoms with Crippen LogP contribution in [0.25, 0.3) is 0 Å². The lowest BCUT2D eigenvalue weighted by atomic mass is 10.0. The van der Waals surface area contributed by atoms with Gasteiger partial charge in [0.1, 0.15) is 0 Å². The second-order valence-electron chi connectivity index (χ2n) is 5.11. The van der Waals surface area contributed by atoms with Gasteiger partial charge < -0.3 is 15.4 Å². The molecular weight excluding hydrogens is 240 g/mol. The Morgan fingerprint density at radius 3 is 3.00 bits per heavy atom. The Labute approximate surface area is 114 Å². The molecule has 2 unspecified atom stereocenters. The third-order valence-corrected chi connectivity index (χ3v) is 3.35. The summed E-state index contributed by atoms with van der Waals surface area (Å²) in [5.74, 6) is -0.0431. The van der Waals surface area contributed by atoms with Crippen molar-refractivity contribution in [3.05, 3.63) is 29.8 Å². The predicted molar refractivity (Wildman–Crippen MR) is 76.1 cm³/mol. The standard InChI is InChI=1S/C15H22N2O2/c1-11(16-15-7-4-8-19-10-15)13-5-3-6-14(9-13)17-12(2)18/h3,5-6,9,11,15-16H,4,7-8,10H2,1-2H3,(H,17,18).